The lowest BCUT2D eigenvalue weighted by molar-refractivity contribution is -0.113. The lowest BCUT2D eigenvalue weighted by Gasteiger charge is -2.39. The number of rotatable bonds is 2. The summed E-state index contributed by atoms with van der Waals surface area (Å²) >= 11 is 3.38. The Kier molecular flexibility index (Phi) is 3.92. The summed E-state index contributed by atoms with van der Waals surface area (Å²) in [6.45, 7) is 0.776. The number of hydrogen-bond acceptors (Lipinski definition) is 3. The van der Waals surface area contributed by atoms with Crippen LogP contribution in [-0.2, 0) is 4.74 Å². The van der Waals surface area contributed by atoms with Gasteiger partial charge in [0.15, 0.2) is 0 Å². The number of halogens is 1. The zero-order chi connectivity index (χ0) is 13.3. The van der Waals surface area contributed by atoms with E-state index in [0.717, 1.165) is 42.5 Å². The Labute approximate surface area is 122 Å². The van der Waals surface area contributed by atoms with Crippen molar-refractivity contribution in [1.82, 2.24) is 4.98 Å². The molecule has 1 aliphatic heterocycles. The molecule has 2 heterocycles. The van der Waals surface area contributed by atoms with Gasteiger partial charge >= 0.3 is 0 Å². The minimum absolute atomic E-state index is 0.0548. The quantitative estimate of drug-likeness (QED) is 0.903. The van der Waals surface area contributed by atoms with Crippen LogP contribution in [0.15, 0.2) is 22.8 Å². The summed E-state index contributed by atoms with van der Waals surface area (Å²) in [7, 11) is 0. The van der Waals surface area contributed by atoms with E-state index in [2.05, 4.69) is 20.9 Å². The predicted molar refractivity (Wildman–Crippen MR) is 76.8 cm³/mol. The number of nitrogens with zero attached hydrogens (tertiary/aromatic N) is 1. The number of aliphatic hydroxyl groups excluding tert-OH is 1. The van der Waals surface area contributed by atoms with E-state index in [9.17, 15) is 5.11 Å². The molecule has 1 saturated carbocycles. The fraction of sp³-hybridized carbons (Fsp3) is 0.667. The normalized spacial score (nSPS) is 27.6. The monoisotopic (exact) mass is 325 g/mol. The number of pyridine rings is 1. The summed E-state index contributed by atoms with van der Waals surface area (Å²) in [5.74, 6) is 0.278. The molecule has 0 aromatic carbocycles. The molecule has 2 fully saturated rings. The number of hydrogen-bond donors (Lipinski definition) is 1. The first-order valence-electron chi connectivity index (χ1n) is 7.12. The summed E-state index contributed by atoms with van der Waals surface area (Å²) in [4.78, 5) is 4.33. The molecule has 19 heavy (non-hydrogen) atoms. The highest BCUT2D eigenvalue weighted by Crippen LogP contribution is 2.45. The molecule has 0 bridgehead atoms. The molecule has 4 heteroatoms. The number of aromatic nitrogens is 1. The molecule has 1 spiro atoms. The Morgan fingerprint density at radius 3 is 2.84 bits per heavy atom. The topological polar surface area (TPSA) is 42.4 Å². The first kappa shape index (κ1) is 13.5. The maximum atomic E-state index is 10.5. The van der Waals surface area contributed by atoms with Crippen molar-refractivity contribution in [2.24, 2.45) is 5.92 Å². The third-order valence-electron chi connectivity index (χ3n) is 4.55. The van der Waals surface area contributed by atoms with Crippen molar-refractivity contribution in [2.75, 3.05) is 6.61 Å². The fourth-order valence-corrected chi connectivity index (χ4v) is 3.74. The summed E-state index contributed by atoms with van der Waals surface area (Å²) in [6.07, 6.45) is 8.04. The molecule has 0 radical (unpaired) electrons. The van der Waals surface area contributed by atoms with Gasteiger partial charge < -0.3 is 9.84 Å². The first-order valence-corrected chi connectivity index (χ1v) is 7.91. The molecule has 2 atom stereocenters. The molecular weight excluding hydrogens is 306 g/mol. The maximum Gasteiger partial charge on any atom is 0.0989 e. The smallest absolute Gasteiger partial charge is 0.0989 e. The molecule has 104 valence electrons. The van der Waals surface area contributed by atoms with Crippen LogP contribution in [0.25, 0.3) is 0 Å². The average Bonchev–Trinajstić information content (AvgIpc) is 2.87. The van der Waals surface area contributed by atoms with Gasteiger partial charge in [-0.05, 0) is 59.7 Å². The van der Waals surface area contributed by atoms with Gasteiger partial charge in [-0.2, -0.15) is 0 Å². The van der Waals surface area contributed by atoms with Gasteiger partial charge in [0.05, 0.1) is 17.4 Å². The second-order valence-electron chi connectivity index (χ2n) is 5.84. The van der Waals surface area contributed by atoms with Crippen LogP contribution in [0.1, 0.15) is 50.3 Å². The van der Waals surface area contributed by atoms with Crippen LogP contribution < -0.4 is 0 Å². The van der Waals surface area contributed by atoms with E-state index in [1.165, 1.54) is 12.8 Å². The van der Waals surface area contributed by atoms with Crippen molar-refractivity contribution in [1.29, 1.82) is 0 Å². The molecule has 2 unspecified atom stereocenters. The van der Waals surface area contributed by atoms with Crippen LogP contribution in [0, 0.1) is 5.92 Å². The van der Waals surface area contributed by atoms with Gasteiger partial charge in [0.2, 0.25) is 0 Å². The van der Waals surface area contributed by atoms with E-state index in [1.807, 2.05) is 12.1 Å². The fourth-order valence-electron chi connectivity index (χ4n) is 3.51. The SMILES string of the molecule is OC(c1ccc(Br)cn1)C1CCOC2(CCCC2)C1. The molecule has 3 nitrogen and oxygen atoms in total. The Morgan fingerprint density at radius 1 is 1.37 bits per heavy atom. The van der Waals surface area contributed by atoms with E-state index >= 15 is 0 Å². The molecule has 1 N–H and O–H groups in total. The van der Waals surface area contributed by atoms with E-state index in [1.54, 1.807) is 6.20 Å². The molecule has 0 amide bonds. The van der Waals surface area contributed by atoms with Gasteiger partial charge in [0.25, 0.3) is 0 Å². The van der Waals surface area contributed by atoms with Gasteiger partial charge in [-0.3, -0.25) is 4.98 Å². The van der Waals surface area contributed by atoms with Crippen molar-refractivity contribution in [3.8, 4) is 0 Å². The van der Waals surface area contributed by atoms with Gasteiger partial charge in [-0.15, -0.1) is 0 Å². The maximum absolute atomic E-state index is 10.5. The molecule has 1 saturated heterocycles. The minimum atomic E-state index is -0.463. The van der Waals surface area contributed by atoms with Crippen LogP contribution in [-0.4, -0.2) is 22.3 Å². The predicted octanol–water partition coefficient (Wildman–Crippen LogP) is 3.62. The van der Waals surface area contributed by atoms with Crippen LogP contribution in [0.4, 0.5) is 0 Å². The summed E-state index contributed by atoms with van der Waals surface area (Å²) in [5, 5.41) is 10.5. The van der Waals surface area contributed by atoms with E-state index in [4.69, 9.17) is 4.74 Å². The molecular formula is C15H20BrNO2. The molecule has 1 aromatic heterocycles. The number of aliphatic hydroxyl groups is 1. The summed E-state index contributed by atoms with van der Waals surface area (Å²) < 4.78 is 6.97. The lowest BCUT2D eigenvalue weighted by atomic mass is 9.81. The van der Waals surface area contributed by atoms with Crippen molar-refractivity contribution in [2.45, 2.75) is 50.2 Å². The molecule has 3 rings (SSSR count). The zero-order valence-electron chi connectivity index (χ0n) is 11.0. The highest BCUT2D eigenvalue weighted by Gasteiger charge is 2.42. The molecule has 1 aromatic rings. The van der Waals surface area contributed by atoms with Crippen LogP contribution in [0.3, 0.4) is 0 Å². The van der Waals surface area contributed by atoms with Gasteiger partial charge in [-0.25, -0.2) is 0 Å². The van der Waals surface area contributed by atoms with Crippen molar-refractivity contribution in [3.05, 3.63) is 28.5 Å². The average molecular weight is 326 g/mol. The summed E-state index contributed by atoms with van der Waals surface area (Å²) in [6, 6.07) is 3.85. The Bertz CT molecular complexity index is 428. The van der Waals surface area contributed by atoms with Gasteiger partial charge in [0, 0.05) is 17.3 Å². The largest absolute Gasteiger partial charge is 0.387 e. The van der Waals surface area contributed by atoms with Crippen molar-refractivity contribution in [3.63, 3.8) is 0 Å². The van der Waals surface area contributed by atoms with Gasteiger partial charge in [0.1, 0.15) is 0 Å². The molecule has 1 aliphatic carbocycles. The lowest BCUT2D eigenvalue weighted by Crippen LogP contribution is -2.39. The van der Waals surface area contributed by atoms with Crippen LogP contribution in [0.5, 0.6) is 0 Å². The first-order chi connectivity index (χ1) is 9.19. The van der Waals surface area contributed by atoms with Crippen molar-refractivity contribution < 1.29 is 9.84 Å². The minimum Gasteiger partial charge on any atom is -0.387 e. The number of ether oxygens (including phenoxy) is 1. The Morgan fingerprint density at radius 2 is 2.16 bits per heavy atom. The second-order valence-corrected chi connectivity index (χ2v) is 6.75. The summed E-state index contributed by atoms with van der Waals surface area (Å²) in [5.41, 5.74) is 0.836. The van der Waals surface area contributed by atoms with Gasteiger partial charge in [-0.1, -0.05) is 12.8 Å². The third-order valence-corrected chi connectivity index (χ3v) is 5.01. The van der Waals surface area contributed by atoms with E-state index in [-0.39, 0.29) is 11.5 Å². The second kappa shape index (κ2) is 5.51. The van der Waals surface area contributed by atoms with Crippen LogP contribution >= 0.6 is 15.9 Å². The standard InChI is InChI=1S/C15H20BrNO2/c16-12-3-4-13(17-10-12)14(18)11-5-8-19-15(9-11)6-1-2-7-15/h3-4,10-11,14,18H,1-2,5-9H2. The highest BCUT2D eigenvalue weighted by molar-refractivity contribution is 9.10. The van der Waals surface area contributed by atoms with E-state index in [0.29, 0.717) is 0 Å². The van der Waals surface area contributed by atoms with Crippen LogP contribution in [0.2, 0.25) is 0 Å². The Hall–Kier alpha value is -0.450. The van der Waals surface area contributed by atoms with Crippen molar-refractivity contribution >= 4 is 15.9 Å². The highest BCUT2D eigenvalue weighted by atomic mass is 79.9. The van der Waals surface area contributed by atoms with E-state index < -0.39 is 6.10 Å². The Balaban J connectivity index is 1.72. The molecule has 2 aliphatic rings. The third kappa shape index (κ3) is 2.86. The zero-order valence-corrected chi connectivity index (χ0v) is 12.6.